The predicted molar refractivity (Wildman–Crippen MR) is 60.2 cm³/mol. The number of aliphatic hydroxyl groups excluding tert-OH is 1. The van der Waals surface area contributed by atoms with Gasteiger partial charge in [0.15, 0.2) is 23.3 Å². The van der Waals surface area contributed by atoms with Crippen LogP contribution in [0.25, 0.3) is 0 Å². The molecule has 0 spiro atoms. The van der Waals surface area contributed by atoms with Crippen LogP contribution in [-0.2, 0) is 11.2 Å². The van der Waals surface area contributed by atoms with Gasteiger partial charge >= 0.3 is 0 Å². The molecule has 1 atom stereocenters. The highest BCUT2D eigenvalue weighted by molar-refractivity contribution is 5.24. The molecule has 0 heterocycles. The largest absolute Gasteiger partial charge is 0.390 e. The van der Waals surface area contributed by atoms with Gasteiger partial charge in [0.2, 0.25) is 5.82 Å². The quantitative estimate of drug-likeness (QED) is 0.287. The van der Waals surface area contributed by atoms with E-state index in [1.807, 2.05) is 0 Å². The summed E-state index contributed by atoms with van der Waals surface area (Å²) in [6, 6.07) is 0. The lowest BCUT2D eigenvalue weighted by atomic mass is 10.1. The van der Waals surface area contributed by atoms with Gasteiger partial charge in [0.25, 0.3) is 0 Å². The van der Waals surface area contributed by atoms with Crippen molar-refractivity contribution in [3.05, 3.63) is 34.6 Å². The monoisotopic (exact) mass is 294 g/mol. The van der Waals surface area contributed by atoms with Crippen LogP contribution < -0.4 is 0 Å². The molecule has 1 aromatic carbocycles. The Balaban J connectivity index is 2.80. The molecule has 1 aromatic rings. The zero-order chi connectivity index (χ0) is 15.3. The minimum absolute atomic E-state index is 0.116. The van der Waals surface area contributed by atoms with E-state index < -0.39 is 47.2 Å². The van der Waals surface area contributed by atoms with Crippen molar-refractivity contribution in [2.45, 2.75) is 18.9 Å². The average Bonchev–Trinajstić information content (AvgIpc) is 2.44. The van der Waals surface area contributed by atoms with Gasteiger partial charge in [-0.1, -0.05) is 0 Å². The van der Waals surface area contributed by atoms with Crippen molar-refractivity contribution in [1.29, 1.82) is 0 Å². The van der Waals surface area contributed by atoms with Crippen molar-refractivity contribution in [3.63, 3.8) is 0 Å². The Bertz CT molecular complexity index is 495. The maximum Gasteiger partial charge on any atom is 0.200 e. The Morgan fingerprint density at radius 1 is 1.00 bits per heavy atom. The number of aliphatic hydroxyl groups is 1. The number of ether oxygens (including phenoxy) is 1. The normalized spacial score (nSPS) is 12.2. The van der Waals surface area contributed by atoms with E-state index >= 15 is 0 Å². The molecular formula is C13H11F5O2. The SMILES string of the molecule is C#CCCOCC(O)Cc1c(F)c(F)c(F)c(F)c1F. The van der Waals surface area contributed by atoms with Crippen LogP contribution in [0.2, 0.25) is 0 Å². The van der Waals surface area contributed by atoms with Crippen LogP contribution >= 0.6 is 0 Å². The minimum atomic E-state index is -2.23. The first-order valence-corrected chi connectivity index (χ1v) is 5.59. The second-order valence-corrected chi connectivity index (χ2v) is 3.94. The predicted octanol–water partition coefficient (Wildman–Crippen LogP) is 2.33. The first kappa shape index (κ1) is 16.4. The summed E-state index contributed by atoms with van der Waals surface area (Å²) in [6.45, 7) is -0.216. The Morgan fingerprint density at radius 3 is 2.00 bits per heavy atom. The molecule has 0 aliphatic carbocycles. The van der Waals surface area contributed by atoms with Crippen LogP contribution in [0.1, 0.15) is 12.0 Å². The Hall–Kier alpha value is -1.65. The van der Waals surface area contributed by atoms with Gasteiger partial charge in [-0.05, 0) is 0 Å². The lowest BCUT2D eigenvalue weighted by Gasteiger charge is -2.13. The summed E-state index contributed by atoms with van der Waals surface area (Å²) in [6.07, 6.45) is 3.04. The van der Waals surface area contributed by atoms with Gasteiger partial charge in [-0.2, -0.15) is 0 Å². The summed E-state index contributed by atoms with van der Waals surface area (Å²) in [5.41, 5.74) is -1.07. The number of benzene rings is 1. The summed E-state index contributed by atoms with van der Waals surface area (Å²) in [7, 11) is 0. The second kappa shape index (κ2) is 7.22. The van der Waals surface area contributed by atoms with Gasteiger partial charge in [0.1, 0.15) is 0 Å². The van der Waals surface area contributed by atoms with Crippen LogP contribution in [0, 0.1) is 41.4 Å². The van der Waals surface area contributed by atoms with Crippen molar-refractivity contribution < 1.29 is 31.8 Å². The average molecular weight is 294 g/mol. The molecule has 0 saturated heterocycles. The molecule has 0 aliphatic heterocycles. The third kappa shape index (κ3) is 3.68. The Kier molecular flexibility index (Phi) is 5.92. The van der Waals surface area contributed by atoms with Crippen LogP contribution in [0.15, 0.2) is 0 Å². The Labute approximate surface area is 112 Å². The van der Waals surface area contributed by atoms with Crippen molar-refractivity contribution in [3.8, 4) is 12.3 Å². The van der Waals surface area contributed by atoms with E-state index in [1.54, 1.807) is 0 Å². The lowest BCUT2D eigenvalue weighted by Crippen LogP contribution is -2.21. The third-order valence-electron chi connectivity index (χ3n) is 2.44. The topological polar surface area (TPSA) is 29.5 Å². The standard InChI is InChI=1S/C13H11F5O2/c1-2-3-4-20-6-7(19)5-8-9(14)11(16)13(18)12(17)10(8)15/h1,7,19H,3-6H2. The van der Waals surface area contributed by atoms with Gasteiger partial charge in [-0.15, -0.1) is 12.3 Å². The van der Waals surface area contributed by atoms with Crippen molar-refractivity contribution in [2.75, 3.05) is 13.2 Å². The zero-order valence-corrected chi connectivity index (χ0v) is 10.2. The van der Waals surface area contributed by atoms with Crippen molar-refractivity contribution >= 4 is 0 Å². The molecule has 1 unspecified atom stereocenters. The van der Waals surface area contributed by atoms with E-state index in [-0.39, 0.29) is 19.6 Å². The Morgan fingerprint density at radius 2 is 1.50 bits per heavy atom. The molecule has 0 fully saturated rings. The number of rotatable bonds is 6. The maximum atomic E-state index is 13.3. The van der Waals surface area contributed by atoms with Crippen molar-refractivity contribution in [2.24, 2.45) is 0 Å². The summed E-state index contributed by atoms with van der Waals surface area (Å²) in [5, 5.41) is 9.45. The molecule has 0 amide bonds. The molecule has 0 saturated carbocycles. The highest BCUT2D eigenvalue weighted by atomic mass is 19.2. The summed E-state index contributed by atoms with van der Waals surface area (Å²) in [4.78, 5) is 0. The summed E-state index contributed by atoms with van der Waals surface area (Å²) >= 11 is 0. The molecule has 0 radical (unpaired) electrons. The van der Waals surface area contributed by atoms with Gasteiger partial charge in [-0.3, -0.25) is 0 Å². The van der Waals surface area contributed by atoms with Crippen LogP contribution in [0.5, 0.6) is 0 Å². The van der Waals surface area contributed by atoms with Gasteiger partial charge < -0.3 is 9.84 Å². The molecular weight excluding hydrogens is 283 g/mol. The lowest BCUT2D eigenvalue weighted by molar-refractivity contribution is 0.0385. The number of hydrogen-bond donors (Lipinski definition) is 1. The fourth-order valence-corrected chi connectivity index (χ4v) is 1.47. The van der Waals surface area contributed by atoms with Gasteiger partial charge in [0, 0.05) is 18.4 Å². The fraction of sp³-hybridized carbons (Fsp3) is 0.385. The molecule has 2 nitrogen and oxygen atoms in total. The van der Waals surface area contributed by atoms with Crippen LogP contribution in [0.4, 0.5) is 22.0 Å². The first-order chi connectivity index (χ1) is 9.40. The molecule has 0 bridgehead atoms. The number of terminal acetylenes is 1. The first-order valence-electron chi connectivity index (χ1n) is 5.59. The minimum Gasteiger partial charge on any atom is -0.390 e. The zero-order valence-electron chi connectivity index (χ0n) is 10.2. The van der Waals surface area contributed by atoms with E-state index in [0.29, 0.717) is 0 Å². The number of hydrogen-bond acceptors (Lipinski definition) is 2. The van der Waals surface area contributed by atoms with E-state index in [0.717, 1.165) is 0 Å². The highest BCUT2D eigenvalue weighted by Gasteiger charge is 2.26. The molecule has 110 valence electrons. The van der Waals surface area contributed by atoms with E-state index in [1.165, 1.54) is 0 Å². The molecule has 0 aliphatic rings. The maximum absolute atomic E-state index is 13.3. The molecule has 20 heavy (non-hydrogen) atoms. The van der Waals surface area contributed by atoms with E-state index in [2.05, 4.69) is 5.92 Å². The third-order valence-corrected chi connectivity index (χ3v) is 2.44. The van der Waals surface area contributed by atoms with E-state index in [9.17, 15) is 27.1 Å². The van der Waals surface area contributed by atoms with E-state index in [4.69, 9.17) is 11.2 Å². The summed E-state index contributed by atoms with van der Waals surface area (Å²) in [5.74, 6) is -7.96. The van der Waals surface area contributed by atoms with Crippen molar-refractivity contribution in [1.82, 2.24) is 0 Å². The van der Waals surface area contributed by atoms with Gasteiger partial charge in [-0.25, -0.2) is 22.0 Å². The van der Waals surface area contributed by atoms with Crippen LogP contribution in [-0.4, -0.2) is 24.4 Å². The molecule has 1 rings (SSSR count). The molecule has 0 aromatic heterocycles. The smallest absolute Gasteiger partial charge is 0.200 e. The fourth-order valence-electron chi connectivity index (χ4n) is 1.47. The highest BCUT2D eigenvalue weighted by Crippen LogP contribution is 2.24. The van der Waals surface area contributed by atoms with Gasteiger partial charge in [0.05, 0.1) is 19.3 Å². The molecule has 1 N–H and O–H groups in total. The second-order valence-electron chi connectivity index (χ2n) is 3.94. The number of halogens is 5. The molecule has 7 heteroatoms. The summed E-state index contributed by atoms with van der Waals surface area (Å²) < 4.78 is 70.1. The van der Waals surface area contributed by atoms with Crippen LogP contribution in [0.3, 0.4) is 0 Å².